The number of carbonyl (C=O) groups is 1. The first-order valence-corrected chi connectivity index (χ1v) is 9.82. The van der Waals surface area contributed by atoms with E-state index in [9.17, 15) is 4.79 Å². The summed E-state index contributed by atoms with van der Waals surface area (Å²) in [5.74, 6) is 2.72. The molecule has 1 fully saturated rings. The van der Waals surface area contributed by atoms with Crippen molar-refractivity contribution in [2.75, 3.05) is 14.2 Å². The average molecular weight is 372 g/mol. The van der Waals surface area contributed by atoms with Gasteiger partial charge in [0.15, 0.2) is 11.5 Å². The van der Waals surface area contributed by atoms with E-state index in [1.54, 1.807) is 25.6 Å². The molecule has 0 saturated heterocycles. The zero-order valence-corrected chi connectivity index (χ0v) is 16.8. The van der Waals surface area contributed by atoms with Crippen molar-refractivity contribution in [2.45, 2.75) is 39.7 Å². The van der Waals surface area contributed by atoms with E-state index in [4.69, 9.17) is 9.47 Å². The number of thiophene rings is 1. The van der Waals surface area contributed by atoms with Crippen LogP contribution in [-0.2, 0) is 13.0 Å². The molecule has 4 rings (SSSR count). The molecule has 0 bridgehead atoms. The number of nitrogens with one attached hydrogen (secondary N) is 1. The second kappa shape index (κ2) is 6.02. The lowest BCUT2D eigenvalue weighted by molar-refractivity contribution is 0.0953. The Morgan fingerprint density at radius 2 is 2.08 bits per heavy atom. The Morgan fingerprint density at radius 1 is 1.31 bits per heavy atom. The number of aryl methyl sites for hydroxylation is 1. The summed E-state index contributed by atoms with van der Waals surface area (Å²) >= 11 is 1.64. The maximum Gasteiger partial charge on any atom is 0.261 e. The van der Waals surface area contributed by atoms with Gasteiger partial charge in [0.25, 0.3) is 5.91 Å². The smallest absolute Gasteiger partial charge is 0.261 e. The number of para-hydroxylation sites is 1. The molecule has 1 amide bonds. The van der Waals surface area contributed by atoms with E-state index in [1.165, 1.54) is 16.0 Å². The highest BCUT2D eigenvalue weighted by atomic mass is 32.1. The number of ether oxygens (including phenoxy) is 2. The summed E-state index contributed by atoms with van der Waals surface area (Å²) < 4.78 is 10.8. The lowest BCUT2D eigenvalue weighted by Gasteiger charge is -2.13. The first-order chi connectivity index (χ1) is 12.4. The van der Waals surface area contributed by atoms with Gasteiger partial charge in [-0.2, -0.15) is 0 Å². The van der Waals surface area contributed by atoms with E-state index >= 15 is 0 Å². The highest BCUT2D eigenvalue weighted by Crippen LogP contribution is 2.71. The van der Waals surface area contributed by atoms with Gasteiger partial charge in [-0.05, 0) is 47.8 Å². The van der Waals surface area contributed by atoms with Crippen LogP contribution in [0.15, 0.2) is 18.2 Å². The van der Waals surface area contributed by atoms with Crippen LogP contribution in [0.4, 0.5) is 0 Å². The fourth-order valence-corrected chi connectivity index (χ4v) is 5.81. The van der Waals surface area contributed by atoms with Gasteiger partial charge in [0, 0.05) is 17.0 Å². The molecule has 2 atom stereocenters. The third-order valence-electron chi connectivity index (χ3n) is 6.15. The molecule has 0 unspecified atom stereocenters. The molecule has 2 aromatic rings. The van der Waals surface area contributed by atoms with Crippen LogP contribution in [0, 0.1) is 18.3 Å². The Bertz CT molecular complexity index is 884. The summed E-state index contributed by atoms with van der Waals surface area (Å²) in [5, 5.41) is 3.07. The van der Waals surface area contributed by atoms with Crippen LogP contribution in [-0.4, -0.2) is 20.1 Å². The highest BCUT2D eigenvalue weighted by Gasteiger charge is 2.63. The molecule has 138 valence electrons. The summed E-state index contributed by atoms with van der Waals surface area (Å²) in [4.78, 5) is 15.1. The first kappa shape index (κ1) is 17.4. The Morgan fingerprint density at radius 3 is 2.77 bits per heavy atom. The molecule has 2 aliphatic carbocycles. The quantitative estimate of drug-likeness (QED) is 0.852. The van der Waals surface area contributed by atoms with Gasteiger partial charge in [-0.3, -0.25) is 4.79 Å². The highest BCUT2D eigenvalue weighted by molar-refractivity contribution is 7.14. The van der Waals surface area contributed by atoms with Crippen LogP contribution in [0.25, 0.3) is 0 Å². The van der Waals surface area contributed by atoms with Gasteiger partial charge in [-0.15, -0.1) is 11.3 Å². The zero-order chi connectivity index (χ0) is 18.6. The number of rotatable bonds is 5. The molecule has 1 N–H and O–H groups in total. The Kier molecular flexibility index (Phi) is 4.03. The minimum absolute atomic E-state index is 0.0170. The van der Waals surface area contributed by atoms with E-state index in [0.717, 1.165) is 16.9 Å². The van der Waals surface area contributed by atoms with Crippen LogP contribution >= 0.6 is 11.3 Å². The van der Waals surface area contributed by atoms with Crippen LogP contribution < -0.4 is 14.8 Å². The number of hydrogen-bond acceptors (Lipinski definition) is 4. The number of benzene rings is 1. The van der Waals surface area contributed by atoms with Crippen molar-refractivity contribution < 1.29 is 14.3 Å². The fourth-order valence-electron chi connectivity index (χ4n) is 4.66. The van der Waals surface area contributed by atoms with Crippen molar-refractivity contribution >= 4 is 17.2 Å². The van der Waals surface area contributed by atoms with E-state index in [1.807, 2.05) is 18.2 Å². The zero-order valence-electron chi connectivity index (χ0n) is 15.9. The third kappa shape index (κ3) is 2.44. The molecule has 2 aliphatic rings. The Balaban J connectivity index is 1.53. The Hall–Kier alpha value is -2.01. The number of amides is 1. The monoisotopic (exact) mass is 371 g/mol. The van der Waals surface area contributed by atoms with Gasteiger partial charge in [0.1, 0.15) is 0 Å². The number of fused-ring (bicyclic) bond motifs is 3. The normalized spacial score (nSPS) is 21.7. The van der Waals surface area contributed by atoms with Gasteiger partial charge < -0.3 is 14.8 Å². The average Bonchev–Trinajstić information content (AvgIpc) is 2.97. The van der Waals surface area contributed by atoms with Crippen molar-refractivity contribution in [2.24, 2.45) is 11.3 Å². The summed E-state index contributed by atoms with van der Waals surface area (Å²) in [6.45, 7) is 7.26. The van der Waals surface area contributed by atoms with Crippen LogP contribution in [0.3, 0.4) is 0 Å². The maximum atomic E-state index is 12.9. The number of methoxy groups -OCH3 is 2. The molecule has 0 aliphatic heterocycles. The lowest BCUT2D eigenvalue weighted by Crippen LogP contribution is -2.23. The molecule has 5 heteroatoms. The summed E-state index contributed by atoms with van der Waals surface area (Å²) in [6, 6.07) is 5.71. The standard InChI is InChI=1S/C21H25NO3S/c1-11-16-13(9-14-17(16)21(14,2)3)19(26-11)20(23)22-10-12-7-6-8-15(24-4)18(12)25-5/h6-8,14,17H,9-10H2,1-5H3,(H,22,23)/t14-,17-/m1/s1. The summed E-state index contributed by atoms with van der Waals surface area (Å²) in [6.07, 6.45) is 1.04. The number of carbonyl (C=O) groups excluding carboxylic acids is 1. The van der Waals surface area contributed by atoms with Crippen LogP contribution in [0.1, 0.15) is 51.0 Å². The molecule has 1 aromatic carbocycles. The predicted octanol–water partition coefficient (Wildman–Crippen LogP) is 4.30. The largest absolute Gasteiger partial charge is 0.493 e. The molecular formula is C21H25NO3S. The predicted molar refractivity (Wildman–Crippen MR) is 103 cm³/mol. The molecule has 1 aromatic heterocycles. The van der Waals surface area contributed by atoms with E-state index in [2.05, 4.69) is 26.1 Å². The Labute approximate surface area is 158 Å². The second-order valence-corrected chi connectivity index (χ2v) is 9.05. The minimum Gasteiger partial charge on any atom is -0.493 e. The topological polar surface area (TPSA) is 47.6 Å². The van der Waals surface area contributed by atoms with Crippen molar-refractivity contribution in [1.29, 1.82) is 0 Å². The van der Waals surface area contributed by atoms with E-state index in [-0.39, 0.29) is 5.91 Å². The van der Waals surface area contributed by atoms with Crippen LogP contribution in [0.2, 0.25) is 0 Å². The SMILES string of the molecule is COc1cccc(CNC(=O)c2sc(C)c3c2C[C@@H]2[C@H]3C2(C)C)c1OC. The number of hydrogen-bond donors (Lipinski definition) is 1. The third-order valence-corrected chi connectivity index (χ3v) is 7.31. The molecule has 0 spiro atoms. The molecule has 1 heterocycles. The molecule has 26 heavy (non-hydrogen) atoms. The fraction of sp³-hybridized carbons (Fsp3) is 0.476. The van der Waals surface area contributed by atoms with Gasteiger partial charge >= 0.3 is 0 Å². The van der Waals surface area contributed by atoms with E-state index in [0.29, 0.717) is 35.3 Å². The maximum absolute atomic E-state index is 12.9. The molecular weight excluding hydrogens is 346 g/mol. The van der Waals surface area contributed by atoms with E-state index < -0.39 is 0 Å². The van der Waals surface area contributed by atoms with Crippen molar-refractivity contribution in [3.63, 3.8) is 0 Å². The summed E-state index contributed by atoms with van der Waals surface area (Å²) in [7, 11) is 3.23. The van der Waals surface area contributed by atoms with Crippen LogP contribution in [0.5, 0.6) is 11.5 Å². The second-order valence-electron chi connectivity index (χ2n) is 7.82. The van der Waals surface area contributed by atoms with Crippen molar-refractivity contribution in [3.05, 3.63) is 44.6 Å². The van der Waals surface area contributed by atoms with Crippen molar-refractivity contribution in [1.82, 2.24) is 5.32 Å². The first-order valence-electron chi connectivity index (χ1n) is 9.00. The summed E-state index contributed by atoms with van der Waals surface area (Å²) in [5.41, 5.74) is 4.06. The lowest BCUT2D eigenvalue weighted by atomic mass is 9.95. The van der Waals surface area contributed by atoms with Crippen molar-refractivity contribution in [3.8, 4) is 11.5 Å². The van der Waals surface area contributed by atoms with Gasteiger partial charge in [-0.1, -0.05) is 26.0 Å². The van der Waals surface area contributed by atoms with Gasteiger partial charge in [0.2, 0.25) is 0 Å². The molecule has 1 saturated carbocycles. The molecule has 0 radical (unpaired) electrons. The minimum atomic E-state index is 0.0170. The molecule has 4 nitrogen and oxygen atoms in total. The van der Waals surface area contributed by atoms with Gasteiger partial charge in [0.05, 0.1) is 19.1 Å². The van der Waals surface area contributed by atoms with Gasteiger partial charge in [-0.25, -0.2) is 0 Å².